The van der Waals surface area contributed by atoms with Gasteiger partial charge < -0.3 is 15.7 Å². The molecular formula is C36H39N3O4. The van der Waals surface area contributed by atoms with Crippen LogP contribution in [0.2, 0.25) is 0 Å². The lowest BCUT2D eigenvalue weighted by atomic mass is 9.77. The Bertz CT molecular complexity index is 1370. The van der Waals surface area contributed by atoms with Gasteiger partial charge in [0.25, 0.3) is 0 Å². The van der Waals surface area contributed by atoms with Crippen molar-refractivity contribution in [2.24, 2.45) is 5.92 Å². The van der Waals surface area contributed by atoms with Gasteiger partial charge in [0.2, 0.25) is 11.8 Å². The molecule has 43 heavy (non-hydrogen) atoms. The molecule has 0 aliphatic heterocycles. The van der Waals surface area contributed by atoms with Gasteiger partial charge in [-0.25, -0.2) is 4.79 Å². The third-order valence-electron chi connectivity index (χ3n) is 7.39. The van der Waals surface area contributed by atoms with E-state index in [2.05, 4.69) is 16.0 Å². The summed E-state index contributed by atoms with van der Waals surface area (Å²) in [7, 11) is 0. The van der Waals surface area contributed by atoms with Crippen molar-refractivity contribution < 1.29 is 19.5 Å². The summed E-state index contributed by atoms with van der Waals surface area (Å²) >= 11 is 0. The molecule has 0 saturated carbocycles. The molecule has 4 rings (SSSR count). The number of benzene rings is 4. The van der Waals surface area contributed by atoms with E-state index in [1.165, 1.54) is 0 Å². The van der Waals surface area contributed by atoms with Gasteiger partial charge in [-0.2, -0.15) is 0 Å². The fourth-order valence-corrected chi connectivity index (χ4v) is 5.35. The van der Waals surface area contributed by atoms with Gasteiger partial charge in [0.1, 0.15) is 12.1 Å². The Morgan fingerprint density at radius 1 is 0.651 bits per heavy atom. The lowest BCUT2D eigenvalue weighted by Gasteiger charge is -2.37. The first-order valence-corrected chi connectivity index (χ1v) is 14.6. The van der Waals surface area contributed by atoms with Gasteiger partial charge in [0.05, 0.1) is 12.1 Å². The maximum absolute atomic E-state index is 13.6. The van der Waals surface area contributed by atoms with Crippen LogP contribution in [0.5, 0.6) is 0 Å². The highest BCUT2D eigenvalue weighted by Gasteiger charge is 2.37. The molecule has 7 heteroatoms. The van der Waals surface area contributed by atoms with Crippen LogP contribution in [0, 0.1) is 5.92 Å². The number of hydrogen-bond acceptors (Lipinski definition) is 4. The van der Waals surface area contributed by atoms with Crippen LogP contribution in [-0.4, -0.2) is 41.5 Å². The monoisotopic (exact) mass is 577 g/mol. The third-order valence-corrected chi connectivity index (χ3v) is 7.39. The summed E-state index contributed by atoms with van der Waals surface area (Å²) < 4.78 is 0. The topological polar surface area (TPSA) is 108 Å². The molecule has 2 amide bonds. The fourth-order valence-electron chi connectivity index (χ4n) is 5.35. The molecular weight excluding hydrogens is 538 g/mol. The highest BCUT2D eigenvalue weighted by atomic mass is 16.4. The predicted octanol–water partition coefficient (Wildman–Crippen LogP) is 4.91. The van der Waals surface area contributed by atoms with Crippen molar-refractivity contribution in [3.63, 3.8) is 0 Å². The van der Waals surface area contributed by atoms with Gasteiger partial charge >= 0.3 is 5.97 Å². The van der Waals surface area contributed by atoms with Crippen molar-refractivity contribution in [2.75, 3.05) is 6.54 Å². The molecule has 4 aromatic carbocycles. The number of carbonyl (C=O) groups is 3. The average molecular weight is 578 g/mol. The van der Waals surface area contributed by atoms with Crippen LogP contribution in [0.25, 0.3) is 0 Å². The van der Waals surface area contributed by atoms with Crippen molar-refractivity contribution in [3.8, 4) is 0 Å². The molecule has 0 saturated heterocycles. The summed E-state index contributed by atoms with van der Waals surface area (Å²) in [5.74, 6) is -1.97. The first kappa shape index (κ1) is 31.2. The summed E-state index contributed by atoms with van der Waals surface area (Å²) in [5, 5.41) is 18.8. The predicted molar refractivity (Wildman–Crippen MR) is 168 cm³/mol. The number of aliphatic carboxylic acids is 1. The summed E-state index contributed by atoms with van der Waals surface area (Å²) in [5.41, 5.74) is 2.85. The van der Waals surface area contributed by atoms with E-state index < -0.39 is 29.5 Å². The molecule has 0 aliphatic rings. The largest absolute Gasteiger partial charge is 0.480 e. The van der Waals surface area contributed by atoms with Crippen molar-refractivity contribution in [1.29, 1.82) is 0 Å². The van der Waals surface area contributed by atoms with Crippen LogP contribution in [0.3, 0.4) is 0 Å². The second-order valence-electron chi connectivity index (χ2n) is 11.0. The van der Waals surface area contributed by atoms with Crippen LogP contribution in [0.15, 0.2) is 121 Å². The number of hydrogen-bond donors (Lipinski definition) is 4. The van der Waals surface area contributed by atoms with Gasteiger partial charge in [-0.15, -0.1) is 0 Å². The van der Waals surface area contributed by atoms with Crippen LogP contribution < -0.4 is 16.0 Å². The normalized spacial score (nSPS) is 12.7. The molecule has 4 aromatic rings. The van der Waals surface area contributed by atoms with E-state index >= 15 is 0 Å². The first-order chi connectivity index (χ1) is 20.8. The molecule has 0 unspecified atom stereocenters. The maximum Gasteiger partial charge on any atom is 0.326 e. The second-order valence-corrected chi connectivity index (χ2v) is 11.0. The molecule has 7 nitrogen and oxygen atoms in total. The third kappa shape index (κ3) is 8.17. The second kappa shape index (κ2) is 14.9. The molecule has 0 spiro atoms. The number of carboxylic acids is 1. The molecule has 2 atom stereocenters. The van der Waals surface area contributed by atoms with E-state index in [0.29, 0.717) is 0 Å². The smallest absolute Gasteiger partial charge is 0.326 e. The van der Waals surface area contributed by atoms with E-state index in [1.807, 2.05) is 135 Å². The molecule has 0 fully saturated rings. The Kier molecular flexibility index (Phi) is 10.8. The van der Waals surface area contributed by atoms with E-state index in [9.17, 15) is 19.5 Å². The van der Waals surface area contributed by atoms with Crippen molar-refractivity contribution in [2.45, 2.75) is 44.3 Å². The van der Waals surface area contributed by atoms with Gasteiger partial charge in [0, 0.05) is 6.42 Å². The highest BCUT2D eigenvalue weighted by Crippen LogP contribution is 2.36. The zero-order valence-corrected chi connectivity index (χ0v) is 24.6. The van der Waals surface area contributed by atoms with Crippen molar-refractivity contribution in [3.05, 3.63) is 144 Å². The summed E-state index contributed by atoms with van der Waals surface area (Å²) in [6, 6.07) is 37.1. The standard InChI is InChI=1S/C36H39N3O4/c1-26(2)23-32(35(42)43)39-34(41)31(24-27-15-7-3-8-16-27)38-33(40)25-37-36(28-17-9-4-10-18-28,29-19-11-5-12-20-29)30-21-13-6-14-22-30/h3-22,26,31-32,37H,23-25H2,1-2H3,(H,38,40)(H,39,41)(H,42,43)/t31-,32-/m0/s1. The quantitative estimate of drug-likeness (QED) is 0.159. The fraction of sp³-hybridized carbons (Fsp3) is 0.250. The molecule has 0 aliphatic carbocycles. The number of amides is 2. The molecule has 0 heterocycles. The highest BCUT2D eigenvalue weighted by molar-refractivity contribution is 5.91. The molecule has 0 bridgehead atoms. The Morgan fingerprint density at radius 2 is 1.09 bits per heavy atom. The molecule has 222 valence electrons. The zero-order valence-electron chi connectivity index (χ0n) is 24.6. The molecule has 0 radical (unpaired) electrons. The molecule has 4 N–H and O–H groups in total. The van der Waals surface area contributed by atoms with Gasteiger partial charge in [-0.3, -0.25) is 14.9 Å². The number of carboxylic acid groups (broad SMARTS) is 1. The van der Waals surface area contributed by atoms with E-state index in [1.54, 1.807) is 0 Å². The lowest BCUT2D eigenvalue weighted by Crippen LogP contribution is -2.55. The summed E-state index contributed by atoms with van der Waals surface area (Å²) in [6.45, 7) is 3.69. The van der Waals surface area contributed by atoms with E-state index in [0.717, 1.165) is 22.3 Å². The summed E-state index contributed by atoms with van der Waals surface area (Å²) in [4.78, 5) is 38.9. The SMILES string of the molecule is CC(C)C[C@H](NC(=O)[C@H](Cc1ccccc1)NC(=O)CNC(c1ccccc1)(c1ccccc1)c1ccccc1)C(=O)O. The van der Waals surface area contributed by atoms with Gasteiger partial charge in [-0.1, -0.05) is 135 Å². The number of nitrogens with one attached hydrogen (secondary N) is 3. The number of carbonyl (C=O) groups excluding carboxylic acids is 2. The van der Waals surface area contributed by atoms with Crippen molar-refractivity contribution >= 4 is 17.8 Å². The van der Waals surface area contributed by atoms with Crippen LogP contribution in [0.1, 0.15) is 42.5 Å². The minimum atomic E-state index is -1.10. The Balaban J connectivity index is 1.62. The van der Waals surface area contributed by atoms with Crippen molar-refractivity contribution in [1.82, 2.24) is 16.0 Å². The Labute approximate surface area is 253 Å². The summed E-state index contributed by atoms with van der Waals surface area (Å²) in [6.07, 6.45) is 0.496. The van der Waals surface area contributed by atoms with E-state index in [-0.39, 0.29) is 31.2 Å². The zero-order chi connectivity index (χ0) is 30.7. The van der Waals surface area contributed by atoms with Crippen LogP contribution in [-0.2, 0) is 26.3 Å². The Hall–Kier alpha value is -4.75. The number of rotatable bonds is 14. The van der Waals surface area contributed by atoms with Gasteiger partial charge in [0.15, 0.2) is 0 Å². The van der Waals surface area contributed by atoms with E-state index in [4.69, 9.17) is 0 Å². The Morgan fingerprint density at radius 3 is 1.51 bits per heavy atom. The van der Waals surface area contributed by atoms with Crippen LogP contribution in [0.4, 0.5) is 0 Å². The maximum atomic E-state index is 13.6. The lowest BCUT2D eigenvalue weighted by molar-refractivity contribution is -0.142. The molecule has 0 aromatic heterocycles. The minimum Gasteiger partial charge on any atom is -0.480 e. The average Bonchev–Trinajstić information content (AvgIpc) is 3.02. The first-order valence-electron chi connectivity index (χ1n) is 14.6. The minimum absolute atomic E-state index is 0.0647. The van der Waals surface area contributed by atoms with Gasteiger partial charge in [-0.05, 0) is 34.6 Å². The van der Waals surface area contributed by atoms with Crippen LogP contribution >= 0.6 is 0 Å².